The molecular formula is C21H17ClFN5O3. The van der Waals surface area contributed by atoms with Crippen molar-refractivity contribution in [1.29, 1.82) is 0 Å². The molecule has 0 unspecified atom stereocenters. The lowest BCUT2D eigenvalue weighted by Crippen LogP contribution is -2.49. The Hall–Kier alpha value is -3.59. The van der Waals surface area contributed by atoms with Gasteiger partial charge in [-0.05, 0) is 48.5 Å². The molecule has 0 saturated carbocycles. The molecule has 0 bridgehead atoms. The number of rotatable bonds is 4. The lowest BCUT2D eigenvalue weighted by atomic mass is 10.1. The van der Waals surface area contributed by atoms with Crippen molar-refractivity contribution in [2.75, 3.05) is 31.1 Å². The number of hydrogen-bond donors (Lipinski definition) is 0. The molecule has 1 aliphatic rings. The third-order valence-corrected chi connectivity index (χ3v) is 5.30. The van der Waals surface area contributed by atoms with Crippen LogP contribution < -0.4 is 4.90 Å². The van der Waals surface area contributed by atoms with Gasteiger partial charge in [-0.3, -0.25) is 14.9 Å². The number of nitrogens with zero attached hydrogens (tertiary/aromatic N) is 5. The van der Waals surface area contributed by atoms with Gasteiger partial charge in [-0.15, -0.1) is 10.2 Å². The zero-order valence-electron chi connectivity index (χ0n) is 16.2. The van der Waals surface area contributed by atoms with E-state index in [4.69, 9.17) is 11.6 Å². The summed E-state index contributed by atoms with van der Waals surface area (Å²) in [5, 5.41) is 20.0. The maximum atomic E-state index is 13.1. The lowest BCUT2D eigenvalue weighted by Gasteiger charge is -2.35. The van der Waals surface area contributed by atoms with Crippen LogP contribution in [0.15, 0.2) is 54.6 Å². The van der Waals surface area contributed by atoms with Crippen LogP contribution >= 0.6 is 11.6 Å². The standard InChI is InChI=1S/C21H17ClFN5O3/c22-15-3-7-19(28(30)31)17(13-15)21(29)27-11-9-26(10-12-27)20-8-6-18(24-25-20)14-1-4-16(23)5-2-14/h1-8,13H,9-12H2. The molecule has 1 aliphatic heterocycles. The second kappa shape index (κ2) is 8.65. The van der Waals surface area contributed by atoms with Crippen LogP contribution in [0.4, 0.5) is 15.9 Å². The van der Waals surface area contributed by atoms with E-state index in [1.807, 2.05) is 17.0 Å². The number of carbonyl (C=O) groups excluding carboxylic acids is 1. The van der Waals surface area contributed by atoms with E-state index in [9.17, 15) is 19.3 Å². The highest BCUT2D eigenvalue weighted by Crippen LogP contribution is 2.25. The van der Waals surface area contributed by atoms with Gasteiger partial charge in [0.05, 0.1) is 10.6 Å². The van der Waals surface area contributed by atoms with Gasteiger partial charge in [0.25, 0.3) is 11.6 Å². The summed E-state index contributed by atoms with van der Waals surface area (Å²) in [6.07, 6.45) is 0. The van der Waals surface area contributed by atoms with E-state index in [1.165, 1.54) is 30.3 Å². The Morgan fingerprint density at radius 2 is 1.71 bits per heavy atom. The van der Waals surface area contributed by atoms with Crippen LogP contribution in [-0.2, 0) is 0 Å². The molecule has 0 aliphatic carbocycles. The minimum Gasteiger partial charge on any atom is -0.352 e. The molecule has 4 rings (SSSR count). The largest absolute Gasteiger partial charge is 0.352 e. The quantitative estimate of drug-likeness (QED) is 0.451. The molecule has 0 atom stereocenters. The van der Waals surface area contributed by atoms with Gasteiger partial charge < -0.3 is 9.80 Å². The van der Waals surface area contributed by atoms with Crippen LogP contribution in [0.3, 0.4) is 0 Å². The van der Waals surface area contributed by atoms with Crippen molar-refractivity contribution in [3.05, 3.63) is 81.1 Å². The summed E-state index contributed by atoms with van der Waals surface area (Å²) >= 11 is 5.94. The predicted octanol–water partition coefficient (Wildman–Crippen LogP) is 3.81. The third kappa shape index (κ3) is 4.46. The number of anilines is 1. The Kier molecular flexibility index (Phi) is 5.77. The van der Waals surface area contributed by atoms with E-state index >= 15 is 0 Å². The van der Waals surface area contributed by atoms with Crippen LogP contribution in [0.25, 0.3) is 11.3 Å². The first-order chi connectivity index (χ1) is 14.9. The number of nitro benzene ring substituents is 1. The molecule has 0 N–H and O–H groups in total. The molecular weight excluding hydrogens is 425 g/mol. The highest BCUT2D eigenvalue weighted by Gasteiger charge is 2.28. The number of piperazine rings is 1. The van der Waals surface area contributed by atoms with Gasteiger partial charge in [0, 0.05) is 42.8 Å². The predicted molar refractivity (Wildman–Crippen MR) is 114 cm³/mol. The zero-order chi connectivity index (χ0) is 22.0. The first-order valence-corrected chi connectivity index (χ1v) is 9.88. The summed E-state index contributed by atoms with van der Waals surface area (Å²) in [4.78, 5) is 27.1. The second-order valence-corrected chi connectivity index (χ2v) is 7.42. The van der Waals surface area contributed by atoms with Crippen molar-refractivity contribution in [1.82, 2.24) is 15.1 Å². The van der Waals surface area contributed by atoms with Crippen LogP contribution in [0.1, 0.15) is 10.4 Å². The van der Waals surface area contributed by atoms with E-state index in [-0.39, 0.29) is 22.1 Å². The Morgan fingerprint density at radius 1 is 1.00 bits per heavy atom. The summed E-state index contributed by atoms with van der Waals surface area (Å²) in [5.41, 5.74) is 1.11. The van der Waals surface area contributed by atoms with Crippen molar-refractivity contribution in [2.45, 2.75) is 0 Å². The van der Waals surface area contributed by atoms with Crippen molar-refractivity contribution in [2.24, 2.45) is 0 Å². The molecule has 0 radical (unpaired) electrons. The average molecular weight is 442 g/mol. The Bertz CT molecular complexity index is 1120. The van der Waals surface area contributed by atoms with Gasteiger partial charge in [0.1, 0.15) is 11.4 Å². The number of aromatic nitrogens is 2. The fraction of sp³-hybridized carbons (Fsp3) is 0.190. The highest BCUT2D eigenvalue weighted by molar-refractivity contribution is 6.31. The van der Waals surface area contributed by atoms with Crippen molar-refractivity contribution in [3.63, 3.8) is 0 Å². The van der Waals surface area contributed by atoms with E-state index in [1.54, 1.807) is 17.0 Å². The summed E-state index contributed by atoms with van der Waals surface area (Å²) < 4.78 is 13.1. The molecule has 1 aromatic heterocycles. The van der Waals surface area contributed by atoms with E-state index in [0.29, 0.717) is 37.7 Å². The monoisotopic (exact) mass is 441 g/mol. The normalized spacial score (nSPS) is 13.9. The Balaban J connectivity index is 1.43. The molecule has 2 aromatic carbocycles. The molecule has 0 spiro atoms. The van der Waals surface area contributed by atoms with Gasteiger partial charge in [-0.1, -0.05) is 11.6 Å². The number of benzene rings is 2. The number of halogens is 2. The van der Waals surface area contributed by atoms with Crippen LogP contribution in [0.5, 0.6) is 0 Å². The van der Waals surface area contributed by atoms with Gasteiger partial charge in [-0.25, -0.2) is 4.39 Å². The summed E-state index contributed by atoms with van der Waals surface area (Å²) in [6.45, 7) is 1.77. The SMILES string of the molecule is O=C(c1cc(Cl)ccc1[N+](=O)[O-])N1CCN(c2ccc(-c3ccc(F)cc3)nn2)CC1. The summed E-state index contributed by atoms with van der Waals surface area (Å²) in [7, 11) is 0. The van der Waals surface area contributed by atoms with E-state index < -0.39 is 10.8 Å². The first-order valence-electron chi connectivity index (χ1n) is 9.50. The van der Waals surface area contributed by atoms with Gasteiger partial charge in [-0.2, -0.15) is 0 Å². The molecule has 1 saturated heterocycles. The summed E-state index contributed by atoms with van der Waals surface area (Å²) in [6, 6.07) is 13.6. The number of hydrogen-bond acceptors (Lipinski definition) is 6. The molecule has 31 heavy (non-hydrogen) atoms. The maximum absolute atomic E-state index is 13.1. The number of carbonyl (C=O) groups is 1. The molecule has 1 fully saturated rings. The number of nitro groups is 1. The highest BCUT2D eigenvalue weighted by atomic mass is 35.5. The van der Waals surface area contributed by atoms with Gasteiger partial charge >= 0.3 is 0 Å². The zero-order valence-corrected chi connectivity index (χ0v) is 17.0. The molecule has 158 valence electrons. The molecule has 8 nitrogen and oxygen atoms in total. The van der Waals surface area contributed by atoms with E-state index in [2.05, 4.69) is 10.2 Å². The fourth-order valence-corrected chi connectivity index (χ4v) is 3.59. The molecule has 10 heteroatoms. The van der Waals surface area contributed by atoms with Crippen molar-refractivity contribution in [3.8, 4) is 11.3 Å². The third-order valence-electron chi connectivity index (χ3n) is 5.07. The van der Waals surface area contributed by atoms with Gasteiger partial charge in [0.2, 0.25) is 0 Å². The lowest BCUT2D eigenvalue weighted by molar-refractivity contribution is -0.385. The van der Waals surface area contributed by atoms with Crippen LogP contribution in [0.2, 0.25) is 5.02 Å². The minimum absolute atomic E-state index is 0.0191. The molecule has 3 aromatic rings. The maximum Gasteiger partial charge on any atom is 0.282 e. The van der Waals surface area contributed by atoms with Crippen LogP contribution in [-0.4, -0.2) is 52.1 Å². The average Bonchev–Trinajstić information content (AvgIpc) is 2.79. The fourth-order valence-electron chi connectivity index (χ4n) is 3.42. The van der Waals surface area contributed by atoms with Crippen molar-refractivity contribution >= 4 is 29.0 Å². The molecule has 1 amide bonds. The Morgan fingerprint density at radius 3 is 2.32 bits per heavy atom. The number of amides is 1. The second-order valence-electron chi connectivity index (χ2n) is 6.98. The smallest absolute Gasteiger partial charge is 0.282 e. The minimum atomic E-state index is -0.585. The van der Waals surface area contributed by atoms with Crippen molar-refractivity contribution < 1.29 is 14.1 Å². The topological polar surface area (TPSA) is 92.5 Å². The molecule has 2 heterocycles. The summed E-state index contributed by atoms with van der Waals surface area (Å²) in [5.74, 6) is -0.0813. The first kappa shape index (κ1) is 20.7. The van der Waals surface area contributed by atoms with Gasteiger partial charge in [0.15, 0.2) is 5.82 Å². The van der Waals surface area contributed by atoms with Crippen LogP contribution in [0, 0.1) is 15.9 Å². The Labute approximate surface area is 182 Å². The van der Waals surface area contributed by atoms with E-state index in [0.717, 1.165) is 5.56 Å².